The summed E-state index contributed by atoms with van der Waals surface area (Å²) >= 11 is 0. The van der Waals surface area contributed by atoms with Gasteiger partial charge in [0.25, 0.3) is 6.71 Å². The van der Waals surface area contributed by atoms with E-state index in [1.807, 2.05) is 18.2 Å². The van der Waals surface area contributed by atoms with Crippen molar-refractivity contribution in [2.24, 2.45) is 0 Å². The molecule has 0 fully saturated rings. The Morgan fingerprint density at radius 3 is 1.69 bits per heavy atom. The predicted octanol–water partition coefficient (Wildman–Crippen LogP) is 12.3. The van der Waals surface area contributed by atoms with Crippen molar-refractivity contribution in [3.05, 3.63) is 211 Å². The lowest BCUT2D eigenvalue weighted by Crippen LogP contribution is -2.60. The second-order valence-electron chi connectivity index (χ2n) is 16.2. The quantitative estimate of drug-likeness (QED) is 0.132. The van der Waals surface area contributed by atoms with Crippen molar-refractivity contribution in [1.82, 2.24) is 9.13 Å². The number of aromatic nitrogens is 2. The van der Waals surface area contributed by atoms with Crippen molar-refractivity contribution < 1.29 is 0 Å². The Balaban J connectivity index is 1.24. The van der Waals surface area contributed by atoms with E-state index in [-0.39, 0.29) is 6.71 Å². The van der Waals surface area contributed by atoms with Crippen LogP contribution in [0.3, 0.4) is 0 Å². The number of nitriles is 1. The van der Waals surface area contributed by atoms with Crippen LogP contribution in [-0.4, -0.2) is 15.8 Å². The van der Waals surface area contributed by atoms with Gasteiger partial charge in [-0.15, -0.1) is 0 Å². The molecule has 2 aromatic heterocycles. The monoisotopic (exact) mass is 785 g/mol. The number of anilines is 3. The van der Waals surface area contributed by atoms with E-state index in [0.717, 1.165) is 99.5 Å². The number of rotatable bonds is 4. The highest BCUT2D eigenvalue weighted by Crippen LogP contribution is 2.50. The van der Waals surface area contributed by atoms with Gasteiger partial charge in [-0.25, -0.2) is 4.85 Å². The molecule has 0 spiro atoms. The third kappa shape index (κ3) is 4.56. The van der Waals surface area contributed by atoms with Crippen LogP contribution in [0.2, 0.25) is 0 Å². The van der Waals surface area contributed by atoms with E-state index in [2.05, 4.69) is 201 Å². The number of para-hydroxylation sites is 4. The van der Waals surface area contributed by atoms with E-state index < -0.39 is 0 Å². The van der Waals surface area contributed by atoms with E-state index >= 15 is 0 Å². The fraction of sp³-hybridized carbons (Fsp3) is 0. The third-order valence-electron chi connectivity index (χ3n) is 13.1. The number of hydrogen-bond donors (Lipinski definition) is 0. The molecule has 0 saturated carbocycles. The minimum atomic E-state index is -0.224. The van der Waals surface area contributed by atoms with Gasteiger partial charge in [0.05, 0.1) is 45.7 Å². The zero-order valence-electron chi connectivity index (χ0n) is 33.3. The first-order valence-corrected chi connectivity index (χ1v) is 20.9. The Bertz CT molecular complexity index is 3680. The average Bonchev–Trinajstić information content (AvgIpc) is 3.85. The van der Waals surface area contributed by atoms with Crippen LogP contribution in [0, 0.1) is 17.9 Å². The van der Waals surface area contributed by atoms with Gasteiger partial charge < -0.3 is 14.0 Å². The molecule has 0 amide bonds. The molecule has 0 atom stereocenters. The van der Waals surface area contributed by atoms with Crippen molar-refractivity contribution in [3.8, 4) is 39.7 Å². The van der Waals surface area contributed by atoms with Crippen LogP contribution in [-0.2, 0) is 0 Å². The summed E-state index contributed by atoms with van der Waals surface area (Å²) < 4.78 is 4.54. The smallest absolute Gasteiger partial charge is 0.250 e. The SMILES string of the molecule is [C-]#[N+]c1c(-n2c3ccc(-c4ccccc4)cc3c3cc(-c4ccccc4)ccc32)c(C#N)c2c3c1-n1c4ccccc4c4cccc(c41)B3c1ccccc1N2c1ccccc1. The number of benzene rings is 9. The molecule has 13 rings (SSSR count). The Morgan fingerprint density at radius 1 is 0.468 bits per heavy atom. The average molecular weight is 786 g/mol. The van der Waals surface area contributed by atoms with Crippen LogP contribution in [0.5, 0.6) is 0 Å². The fourth-order valence-corrected chi connectivity index (χ4v) is 10.7. The van der Waals surface area contributed by atoms with Gasteiger partial charge in [0.15, 0.2) is 0 Å². The first-order chi connectivity index (χ1) is 30.7. The van der Waals surface area contributed by atoms with E-state index in [1.165, 1.54) is 5.46 Å². The predicted molar refractivity (Wildman–Crippen MR) is 256 cm³/mol. The topological polar surface area (TPSA) is 41.2 Å². The molecule has 9 aromatic carbocycles. The van der Waals surface area contributed by atoms with Crippen molar-refractivity contribution in [1.29, 1.82) is 5.26 Å². The number of fused-ring (bicyclic) bond motifs is 10. The summed E-state index contributed by atoms with van der Waals surface area (Å²) in [6.45, 7) is 9.07. The molecule has 5 nitrogen and oxygen atoms in total. The Kier molecular flexibility index (Phi) is 7.17. The first kappa shape index (κ1) is 34.3. The zero-order valence-corrected chi connectivity index (χ0v) is 33.3. The van der Waals surface area contributed by atoms with Crippen LogP contribution >= 0.6 is 0 Å². The van der Waals surface area contributed by atoms with Crippen LogP contribution in [0.15, 0.2) is 194 Å². The maximum Gasteiger partial charge on any atom is 0.250 e. The second-order valence-corrected chi connectivity index (χ2v) is 16.2. The van der Waals surface area contributed by atoms with Crippen LogP contribution < -0.4 is 21.3 Å². The lowest BCUT2D eigenvalue weighted by Gasteiger charge is -2.42. The molecule has 4 heterocycles. The molecule has 0 bridgehead atoms. The molecule has 0 aliphatic carbocycles. The molecule has 2 aliphatic heterocycles. The number of nitrogens with zero attached hydrogens (tertiary/aromatic N) is 5. The molecular weight excluding hydrogens is 753 g/mol. The summed E-state index contributed by atoms with van der Waals surface area (Å²) in [7, 11) is 0. The highest BCUT2D eigenvalue weighted by molar-refractivity contribution is 7.00. The maximum atomic E-state index is 11.9. The zero-order chi connectivity index (χ0) is 41.1. The van der Waals surface area contributed by atoms with Crippen LogP contribution in [0.1, 0.15) is 5.56 Å². The van der Waals surface area contributed by atoms with E-state index in [4.69, 9.17) is 0 Å². The molecule has 284 valence electrons. The molecule has 2 aliphatic rings. The van der Waals surface area contributed by atoms with Crippen molar-refractivity contribution in [2.45, 2.75) is 0 Å². The maximum absolute atomic E-state index is 11.9. The van der Waals surface area contributed by atoms with Crippen molar-refractivity contribution in [3.63, 3.8) is 0 Å². The van der Waals surface area contributed by atoms with E-state index in [1.54, 1.807) is 0 Å². The summed E-state index contributed by atoms with van der Waals surface area (Å²) in [5, 5.41) is 16.3. The van der Waals surface area contributed by atoms with Gasteiger partial charge in [-0.1, -0.05) is 146 Å². The van der Waals surface area contributed by atoms with Gasteiger partial charge in [-0.05, 0) is 87.2 Å². The van der Waals surface area contributed by atoms with Gasteiger partial charge in [-0.2, -0.15) is 5.26 Å². The van der Waals surface area contributed by atoms with Gasteiger partial charge in [0.2, 0.25) is 5.69 Å². The lowest BCUT2D eigenvalue weighted by molar-refractivity contribution is 1.13. The van der Waals surface area contributed by atoms with Crippen molar-refractivity contribution >= 4 is 89.5 Å². The third-order valence-corrected chi connectivity index (χ3v) is 13.1. The van der Waals surface area contributed by atoms with E-state index in [0.29, 0.717) is 16.9 Å². The molecular formula is C56H32BN5. The summed E-state index contributed by atoms with van der Waals surface area (Å²) in [4.78, 5) is 6.84. The summed E-state index contributed by atoms with van der Waals surface area (Å²) in [5.74, 6) is 0. The fourth-order valence-electron chi connectivity index (χ4n) is 10.7. The molecule has 11 aromatic rings. The molecule has 0 N–H and O–H groups in total. The molecule has 62 heavy (non-hydrogen) atoms. The largest absolute Gasteiger partial charge is 0.320 e. The molecule has 6 heteroatoms. The van der Waals surface area contributed by atoms with Crippen LogP contribution in [0.25, 0.3) is 82.1 Å². The highest BCUT2D eigenvalue weighted by atomic mass is 15.2. The van der Waals surface area contributed by atoms with Gasteiger partial charge in [0, 0.05) is 38.4 Å². The minimum Gasteiger partial charge on any atom is -0.320 e. The standard InChI is InChI=1S/C56H32BN5/c1-59-52-55(61-48-30-28-37(35-16-5-2-6-17-35)32-42(48)43-33-38(29-31-49(43)61)36-18-7-3-8-19-36)44(34-58)54-51-56(52)62-47-26-13-11-22-40(47)41-23-15-25-46(53(41)62)57(51)45-24-12-14-27-50(45)60(54)39-20-9-4-10-21-39/h2-33H. The Morgan fingerprint density at radius 2 is 1.03 bits per heavy atom. The number of hydrogen-bond acceptors (Lipinski definition) is 2. The molecule has 0 unspecified atom stereocenters. The molecule has 0 saturated heterocycles. The summed E-state index contributed by atoms with van der Waals surface area (Å²) in [6.07, 6.45) is 0. The van der Waals surface area contributed by atoms with Gasteiger partial charge >= 0.3 is 0 Å². The molecule has 0 radical (unpaired) electrons. The van der Waals surface area contributed by atoms with Crippen LogP contribution in [0.4, 0.5) is 22.7 Å². The lowest BCUT2D eigenvalue weighted by atomic mass is 9.33. The Labute approximate surface area is 358 Å². The first-order valence-electron chi connectivity index (χ1n) is 20.9. The van der Waals surface area contributed by atoms with E-state index in [9.17, 15) is 11.8 Å². The normalized spacial score (nSPS) is 12.4. The Hall–Kier alpha value is -8.58. The highest BCUT2D eigenvalue weighted by Gasteiger charge is 2.45. The second kappa shape index (κ2) is 13.0. The summed E-state index contributed by atoms with van der Waals surface area (Å²) in [5.41, 5.74) is 16.8. The van der Waals surface area contributed by atoms with Gasteiger partial charge in [-0.3, -0.25) is 0 Å². The minimum absolute atomic E-state index is 0.224. The summed E-state index contributed by atoms with van der Waals surface area (Å²) in [6, 6.07) is 71.0. The van der Waals surface area contributed by atoms with Gasteiger partial charge in [0.1, 0.15) is 6.07 Å². The van der Waals surface area contributed by atoms with Crippen molar-refractivity contribution in [2.75, 3.05) is 4.90 Å².